The van der Waals surface area contributed by atoms with Gasteiger partial charge in [0.05, 0.1) is 33.4 Å². The van der Waals surface area contributed by atoms with E-state index >= 15 is 0 Å². The van der Waals surface area contributed by atoms with Crippen molar-refractivity contribution < 1.29 is 0 Å². The fraction of sp³-hybridized carbons (Fsp3) is 0.0380. The average Bonchev–Trinajstić information content (AvgIpc) is 4.27. The third kappa shape index (κ3) is 6.87. The van der Waals surface area contributed by atoms with Crippen molar-refractivity contribution in [2.75, 3.05) is 0 Å². The molecule has 0 amide bonds. The van der Waals surface area contributed by atoms with Gasteiger partial charge in [-0.15, -0.1) is 0 Å². The first-order chi connectivity index (χ1) is 39.9. The topological polar surface area (TPSA) is 9.86 Å². The minimum atomic E-state index is -0.169. The molecule has 17 rings (SSSR count). The predicted molar refractivity (Wildman–Crippen MR) is 344 cm³/mol. The van der Waals surface area contributed by atoms with Crippen LogP contribution in [-0.4, -0.2) is 9.13 Å². The van der Waals surface area contributed by atoms with Gasteiger partial charge in [-0.1, -0.05) is 232 Å². The highest BCUT2D eigenvalue weighted by Crippen LogP contribution is 2.51. The van der Waals surface area contributed by atoms with Gasteiger partial charge in [-0.2, -0.15) is 0 Å². The van der Waals surface area contributed by atoms with Crippen LogP contribution in [0.15, 0.2) is 279 Å². The van der Waals surface area contributed by atoms with Crippen LogP contribution in [0, 0.1) is 0 Å². The SMILES string of the molecule is CC1(C)c2cc(-c3ccc(-c4ccc5c(c4)c4ccccc4n5-c4cc5ccccc5c5ccccc45)cc3)ccc2-c2ccc(-c3ccc(-c4ccc5c(c4)c4ccccc4n5-c4cc5ccccc5c5ccccc45)cc3)cc21. The van der Waals surface area contributed by atoms with Crippen LogP contribution < -0.4 is 0 Å². The summed E-state index contributed by atoms with van der Waals surface area (Å²) in [5, 5.41) is 15.1. The van der Waals surface area contributed by atoms with Crippen molar-refractivity contribution in [3.05, 3.63) is 290 Å². The summed E-state index contributed by atoms with van der Waals surface area (Å²) in [5.41, 5.74) is 22.2. The number of hydrogen-bond donors (Lipinski definition) is 0. The van der Waals surface area contributed by atoms with Crippen LogP contribution in [0.5, 0.6) is 0 Å². The molecule has 0 N–H and O–H groups in total. The lowest BCUT2D eigenvalue weighted by Crippen LogP contribution is -2.15. The second kappa shape index (κ2) is 17.4. The molecule has 16 aromatic rings. The maximum absolute atomic E-state index is 2.47. The van der Waals surface area contributed by atoms with E-state index in [1.165, 1.54) is 165 Å². The predicted octanol–water partition coefficient (Wildman–Crippen LogP) is 21.5. The van der Waals surface area contributed by atoms with E-state index in [1.54, 1.807) is 0 Å². The molecule has 0 radical (unpaired) electrons. The molecule has 2 heterocycles. The first-order valence-corrected chi connectivity index (χ1v) is 28.3. The molecule has 81 heavy (non-hydrogen) atoms. The summed E-state index contributed by atoms with van der Waals surface area (Å²) < 4.78 is 4.93. The summed E-state index contributed by atoms with van der Waals surface area (Å²) in [6.07, 6.45) is 0. The Balaban J connectivity index is 0.660. The number of benzene rings is 14. The second-order valence-electron chi connectivity index (χ2n) is 22.8. The smallest absolute Gasteiger partial charge is 0.0546 e. The highest BCUT2D eigenvalue weighted by molar-refractivity contribution is 6.17. The molecule has 378 valence electrons. The standard InChI is InChI=1S/C79H52N2/c1-79(2)71-45-55(51-31-27-49(28-32-51)53-37-41-75-69(43-53)67-23-11-13-25-73(67)80(75)77-47-57-15-3-5-17-59(57)61-19-7-9-21-65(61)77)35-39-63(71)64-40-36-56(46-72(64)79)52-33-29-50(30-34-52)54-38-42-76-70(44-54)68-24-12-14-26-74(68)81(76)78-48-58-16-4-6-18-60(58)62-20-8-10-22-66(62)78/h3-48H,1-2H3. The summed E-state index contributed by atoms with van der Waals surface area (Å²) in [6, 6.07) is 104. The van der Waals surface area contributed by atoms with Crippen molar-refractivity contribution in [1.82, 2.24) is 9.13 Å². The van der Waals surface area contributed by atoms with Crippen LogP contribution in [0.1, 0.15) is 25.0 Å². The van der Waals surface area contributed by atoms with Crippen molar-refractivity contribution in [3.63, 3.8) is 0 Å². The van der Waals surface area contributed by atoms with Gasteiger partial charge in [0, 0.05) is 37.7 Å². The van der Waals surface area contributed by atoms with E-state index in [1.807, 2.05) is 0 Å². The average molecular weight is 1030 g/mol. The zero-order valence-electron chi connectivity index (χ0n) is 45.0. The molecule has 0 fully saturated rings. The van der Waals surface area contributed by atoms with Crippen LogP contribution in [0.25, 0.3) is 154 Å². The zero-order chi connectivity index (χ0) is 53.5. The third-order valence-corrected chi connectivity index (χ3v) is 18.1. The lowest BCUT2D eigenvalue weighted by molar-refractivity contribution is 0.661. The highest BCUT2D eigenvalue weighted by atomic mass is 15.0. The third-order valence-electron chi connectivity index (χ3n) is 18.1. The van der Waals surface area contributed by atoms with Gasteiger partial charge in [-0.3, -0.25) is 0 Å². The molecule has 14 aromatic carbocycles. The van der Waals surface area contributed by atoms with Crippen molar-refractivity contribution in [1.29, 1.82) is 0 Å². The van der Waals surface area contributed by atoms with Gasteiger partial charge in [0.25, 0.3) is 0 Å². The monoisotopic (exact) mass is 1030 g/mol. The summed E-state index contributed by atoms with van der Waals surface area (Å²) in [4.78, 5) is 0. The van der Waals surface area contributed by atoms with Crippen molar-refractivity contribution in [2.24, 2.45) is 0 Å². The Hall–Kier alpha value is -10.3. The molecular weight excluding hydrogens is 977 g/mol. The molecule has 0 saturated carbocycles. The summed E-state index contributed by atoms with van der Waals surface area (Å²) in [7, 11) is 0. The second-order valence-corrected chi connectivity index (χ2v) is 22.8. The van der Waals surface area contributed by atoms with E-state index in [0.29, 0.717) is 0 Å². The van der Waals surface area contributed by atoms with Crippen LogP contribution in [0.3, 0.4) is 0 Å². The Morgan fingerprint density at radius 1 is 0.222 bits per heavy atom. The molecule has 0 saturated heterocycles. The van der Waals surface area contributed by atoms with Crippen LogP contribution >= 0.6 is 0 Å². The fourth-order valence-electron chi connectivity index (χ4n) is 14.1. The van der Waals surface area contributed by atoms with Gasteiger partial charge in [-0.25, -0.2) is 0 Å². The molecular formula is C79H52N2. The fourth-order valence-corrected chi connectivity index (χ4v) is 14.1. The number of para-hydroxylation sites is 2. The Labute approximate surface area is 469 Å². The van der Waals surface area contributed by atoms with E-state index in [-0.39, 0.29) is 5.41 Å². The Kier molecular flexibility index (Phi) is 9.80. The van der Waals surface area contributed by atoms with Gasteiger partial charge in [0.15, 0.2) is 0 Å². The Morgan fingerprint density at radius 3 is 0.926 bits per heavy atom. The maximum atomic E-state index is 2.47. The number of rotatable bonds is 6. The van der Waals surface area contributed by atoms with Crippen molar-refractivity contribution in [2.45, 2.75) is 19.3 Å². The lowest BCUT2D eigenvalue weighted by atomic mass is 9.80. The molecule has 2 aromatic heterocycles. The molecule has 0 spiro atoms. The molecule has 0 unspecified atom stereocenters. The first kappa shape index (κ1) is 45.7. The van der Waals surface area contributed by atoms with E-state index in [0.717, 1.165) is 0 Å². The van der Waals surface area contributed by atoms with Crippen LogP contribution in [0.2, 0.25) is 0 Å². The normalized spacial score (nSPS) is 12.9. The van der Waals surface area contributed by atoms with Gasteiger partial charge in [0.1, 0.15) is 0 Å². The molecule has 2 nitrogen and oxygen atoms in total. The van der Waals surface area contributed by atoms with E-state index in [2.05, 4.69) is 302 Å². The zero-order valence-corrected chi connectivity index (χ0v) is 45.0. The molecule has 1 aliphatic carbocycles. The molecule has 1 aliphatic rings. The van der Waals surface area contributed by atoms with E-state index in [4.69, 9.17) is 0 Å². The Bertz CT molecular complexity index is 4970. The van der Waals surface area contributed by atoms with Gasteiger partial charge in [-0.05, 0) is 160 Å². The minimum Gasteiger partial charge on any atom is -0.309 e. The lowest BCUT2D eigenvalue weighted by Gasteiger charge is -2.22. The largest absolute Gasteiger partial charge is 0.309 e. The molecule has 0 atom stereocenters. The molecule has 2 heteroatoms. The number of fused-ring (bicyclic) bond motifs is 15. The van der Waals surface area contributed by atoms with Crippen molar-refractivity contribution in [3.8, 4) is 67.0 Å². The number of hydrogen-bond acceptors (Lipinski definition) is 0. The van der Waals surface area contributed by atoms with Crippen LogP contribution in [0.4, 0.5) is 0 Å². The summed E-state index contributed by atoms with van der Waals surface area (Å²) in [5.74, 6) is 0. The van der Waals surface area contributed by atoms with Crippen LogP contribution in [-0.2, 0) is 5.41 Å². The number of nitrogens with zero attached hydrogens (tertiary/aromatic N) is 2. The summed E-state index contributed by atoms with van der Waals surface area (Å²) >= 11 is 0. The quantitative estimate of drug-likeness (QED) is 0.147. The summed E-state index contributed by atoms with van der Waals surface area (Å²) in [6.45, 7) is 4.78. The first-order valence-electron chi connectivity index (χ1n) is 28.3. The van der Waals surface area contributed by atoms with E-state index in [9.17, 15) is 0 Å². The van der Waals surface area contributed by atoms with Gasteiger partial charge in [0.2, 0.25) is 0 Å². The minimum absolute atomic E-state index is 0.169. The molecule has 0 bridgehead atoms. The van der Waals surface area contributed by atoms with Crippen molar-refractivity contribution >= 4 is 86.7 Å². The molecule has 0 aliphatic heterocycles. The van der Waals surface area contributed by atoms with Gasteiger partial charge >= 0.3 is 0 Å². The Morgan fingerprint density at radius 2 is 0.519 bits per heavy atom. The van der Waals surface area contributed by atoms with Gasteiger partial charge < -0.3 is 9.13 Å². The maximum Gasteiger partial charge on any atom is 0.0546 e. The van der Waals surface area contributed by atoms with E-state index < -0.39 is 0 Å². The highest BCUT2D eigenvalue weighted by Gasteiger charge is 2.36. The number of aromatic nitrogens is 2.